The van der Waals surface area contributed by atoms with E-state index in [-0.39, 0.29) is 11.7 Å². The molecule has 0 aliphatic rings. The zero-order valence-electron chi connectivity index (χ0n) is 14.5. The van der Waals surface area contributed by atoms with Gasteiger partial charge in [-0.3, -0.25) is 9.36 Å². The molecule has 1 N–H and O–H groups in total. The van der Waals surface area contributed by atoms with Gasteiger partial charge < -0.3 is 5.32 Å². The van der Waals surface area contributed by atoms with Crippen molar-refractivity contribution in [1.29, 1.82) is 0 Å². The molecule has 0 unspecified atom stereocenters. The molecule has 0 aliphatic heterocycles. The maximum Gasteiger partial charge on any atom is 0.236 e. The van der Waals surface area contributed by atoms with Gasteiger partial charge >= 0.3 is 0 Å². The summed E-state index contributed by atoms with van der Waals surface area (Å²) in [7, 11) is 0. The second-order valence-electron chi connectivity index (χ2n) is 5.93. The van der Waals surface area contributed by atoms with Gasteiger partial charge in [0.05, 0.1) is 11.4 Å². The van der Waals surface area contributed by atoms with Crippen LogP contribution in [0.2, 0.25) is 0 Å². The molecule has 1 amide bonds. The highest BCUT2D eigenvalue weighted by atomic mass is 32.2. The Hall–Kier alpha value is -2.60. The second kappa shape index (κ2) is 7.53. The van der Waals surface area contributed by atoms with E-state index in [9.17, 15) is 4.79 Å². The Morgan fingerprint density at radius 3 is 2.68 bits per heavy atom. The molecular formula is C19H20N4OS. The van der Waals surface area contributed by atoms with Crippen LogP contribution in [0, 0.1) is 20.8 Å². The highest BCUT2D eigenvalue weighted by Crippen LogP contribution is 2.23. The van der Waals surface area contributed by atoms with Crippen LogP contribution in [0.5, 0.6) is 0 Å². The van der Waals surface area contributed by atoms with Gasteiger partial charge in [0, 0.05) is 18.6 Å². The maximum absolute atomic E-state index is 12.2. The molecule has 3 aromatic rings. The lowest BCUT2D eigenvalue weighted by atomic mass is 10.1. The Bertz CT molecular complexity index is 904. The molecular weight excluding hydrogens is 332 g/mol. The Kier molecular flexibility index (Phi) is 5.19. The van der Waals surface area contributed by atoms with E-state index in [0.29, 0.717) is 5.82 Å². The highest BCUT2D eigenvalue weighted by molar-refractivity contribution is 7.99. The predicted molar refractivity (Wildman–Crippen MR) is 101 cm³/mol. The van der Waals surface area contributed by atoms with E-state index in [1.165, 1.54) is 22.9 Å². The Morgan fingerprint density at radius 1 is 1.08 bits per heavy atom. The minimum Gasteiger partial charge on any atom is -0.310 e. The van der Waals surface area contributed by atoms with Gasteiger partial charge in [-0.05, 0) is 55.7 Å². The van der Waals surface area contributed by atoms with Crippen LogP contribution in [0.4, 0.5) is 5.82 Å². The van der Waals surface area contributed by atoms with Gasteiger partial charge in [-0.1, -0.05) is 23.9 Å². The van der Waals surface area contributed by atoms with Crippen molar-refractivity contribution in [2.75, 3.05) is 11.1 Å². The van der Waals surface area contributed by atoms with Crippen LogP contribution >= 0.6 is 11.8 Å². The molecule has 25 heavy (non-hydrogen) atoms. The molecule has 128 valence electrons. The van der Waals surface area contributed by atoms with Gasteiger partial charge in [-0.15, -0.1) is 0 Å². The van der Waals surface area contributed by atoms with Crippen LogP contribution in [0.15, 0.2) is 54.1 Å². The van der Waals surface area contributed by atoms with Crippen molar-refractivity contribution in [3.63, 3.8) is 0 Å². The summed E-state index contributed by atoms with van der Waals surface area (Å²) in [4.78, 5) is 20.7. The first-order valence-electron chi connectivity index (χ1n) is 7.99. The van der Waals surface area contributed by atoms with Crippen LogP contribution in [0.25, 0.3) is 5.69 Å². The van der Waals surface area contributed by atoms with E-state index in [1.807, 2.05) is 29.8 Å². The fraction of sp³-hybridized carbons (Fsp3) is 0.211. The lowest BCUT2D eigenvalue weighted by Crippen LogP contribution is -2.15. The fourth-order valence-corrected chi connectivity index (χ4v) is 3.24. The monoisotopic (exact) mass is 352 g/mol. The van der Waals surface area contributed by atoms with E-state index in [1.54, 1.807) is 12.4 Å². The number of carbonyl (C=O) groups excluding carboxylic acids is 1. The standard InChI is InChI=1S/C19H20N4OS/c1-13-4-5-15(3)16(10-13)23-9-8-21-19(23)25-12-18(24)22-17-11-14(2)6-7-20-17/h4-11H,12H2,1-3H3,(H,20,22,24). The molecule has 0 saturated heterocycles. The predicted octanol–water partition coefficient (Wildman–Crippen LogP) is 3.92. The topological polar surface area (TPSA) is 59.8 Å². The van der Waals surface area contributed by atoms with Crippen molar-refractivity contribution < 1.29 is 4.79 Å². The average molecular weight is 352 g/mol. The number of aromatic nitrogens is 3. The lowest BCUT2D eigenvalue weighted by molar-refractivity contribution is -0.113. The van der Waals surface area contributed by atoms with Gasteiger partial charge in [0.1, 0.15) is 5.82 Å². The van der Waals surface area contributed by atoms with Crippen molar-refractivity contribution in [1.82, 2.24) is 14.5 Å². The van der Waals surface area contributed by atoms with E-state index < -0.39 is 0 Å². The molecule has 1 aromatic carbocycles. The van der Waals surface area contributed by atoms with Crippen molar-refractivity contribution >= 4 is 23.5 Å². The molecule has 5 nitrogen and oxygen atoms in total. The number of hydrogen-bond acceptors (Lipinski definition) is 4. The second-order valence-corrected chi connectivity index (χ2v) is 6.87. The molecule has 0 spiro atoms. The first kappa shape index (κ1) is 17.2. The third kappa shape index (κ3) is 4.28. The van der Waals surface area contributed by atoms with Crippen LogP contribution in [-0.4, -0.2) is 26.2 Å². The zero-order chi connectivity index (χ0) is 17.8. The first-order chi connectivity index (χ1) is 12.0. The fourth-order valence-electron chi connectivity index (χ4n) is 2.47. The summed E-state index contributed by atoms with van der Waals surface area (Å²) in [6.07, 6.45) is 5.36. The largest absolute Gasteiger partial charge is 0.310 e. The average Bonchev–Trinajstić information content (AvgIpc) is 3.03. The summed E-state index contributed by atoms with van der Waals surface area (Å²) in [5.41, 5.74) is 4.50. The molecule has 0 fully saturated rings. The number of nitrogens with one attached hydrogen (secondary N) is 1. The first-order valence-corrected chi connectivity index (χ1v) is 8.98. The number of rotatable bonds is 5. The number of benzene rings is 1. The number of carbonyl (C=O) groups is 1. The molecule has 0 atom stereocenters. The van der Waals surface area contributed by atoms with Crippen LogP contribution in [0.3, 0.4) is 0 Å². The van der Waals surface area contributed by atoms with Gasteiger partial charge in [0.15, 0.2) is 5.16 Å². The van der Waals surface area contributed by atoms with E-state index >= 15 is 0 Å². The van der Waals surface area contributed by atoms with Gasteiger partial charge in [0.2, 0.25) is 5.91 Å². The van der Waals surface area contributed by atoms with Gasteiger partial charge in [-0.25, -0.2) is 9.97 Å². The van der Waals surface area contributed by atoms with E-state index in [4.69, 9.17) is 0 Å². The molecule has 0 radical (unpaired) electrons. The quantitative estimate of drug-likeness (QED) is 0.707. The smallest absolute Gasteiger partial charge is 0.236 e. The Labute approximate surface area is 151 Å². The third-order valence-electron chi connectivity index (χ3n) is 3.75. The molecule has 0 saturated carbocycles. The van der Waals surface area contributed by atoms with Gasteiger partial charge in [-0.2, -0.15) is 0 Å². The molecule has 0 bridgehead atoms. The van der Waals surface area contributed by atoms with Crippen molar-refractivity contribution in [2.45, 2.75) is 25.9 Å². The number of hydrogen-bond donors (Lipinski definition) is 1. The molecule has 2 aromatic heterocycles. The minimum atomic E-state index is -0.0985. The summed E-state index contributed by atoms with van der Waals surface area (Å²) in [6.45, 7) is 6.10. The number of aryl methyl sites for hydroxylation is 3. The number of anilines is 1. The normalized spacial score (nSPS) is 10.7. The molecule has 0 aliphatic carbocycles. The van der Waals surface area contributed by atoms with Crippen LogP contribution in [-0.2, 0) is 4.79 Å². The lowest BCUT2D eigenvalue weighted by Gasteiger charge is -2.11. The summed E-state index contributed by atoms with van der Waals surface area (Å²) < 4.78 is 2.02. The van der Waals surface area contributed by atoms with Crippen molar-refractivity contribution in [2.24, 2.45) is 0 Å². The van der Waals surface area contributed by atoms with Crippen molar-refractivity contribution in [3.8, 4) is 5.69 Å². The highest BCUT2D eigenvalue weighted by Gasteiger charge is 2.11. The Balaban J connectivity index is 1.69. The number of imidazole rings is 1. The third-order valence-corrected chi connectivity index (χ3v) is 4.71. The van der Waals surface area contributed by atoms with E-state index in [2.05, 4.69) is 47.3 Å². The van der Waals surface area contributed by atoms with Crippen LogP contribution in [0.1, 0.15) is 16.7 Å². The van der Waals surface area contributed by atoms with E-state index in [0.717, 1.165) is 16.4 Å². The zero-order valence-corrected chi connectivity index (χ0v) is 15.3. The summed E-state index contributed by atoms with van der Waals surface area (Å²) in [5, 5.41) is 3.61. The van der Waals surface area contributed by atoms with Crippen LogP contribution < -0.4 is 5.32 Å². The molecule has 3 rings (SSSR count). The number of pyridine rings is 1. The number of amides is 1. The van der Waals surface area contributed by atoms with Gasteiger partial charge in [0.25, 0.3) is 0 Å². The molecule has 6 heteroatoms. The Morgan fingerprint density at radius 2 is 1.88 bits per heavy atom. The summed E-state index contributed by atoms with van der Waals surface area (Å²) in [6, 6.07) is 10.0. The minimum absolute atomic E-state index is 0.0985. The maximum atomic E-state index is 12.2. The number of nitrogens with zero attached hydrogens (tertiary/aromatic N) is 3. The summed E-state index contributed by atoms with van der Waals surface area (Å²) >= 11 is 1.41. The SMILES string of the molecule is Cc1ccnc(NC(=O)CSc2nccn2-c2cc(C)ccc2C)c1. The number of thioether (sulfide) groups is 1. The summed E-state index contributed by atoms with van der Waals surface area (Å²) in [5.74, 6) is 0.749. The van der Waals surface area contributed by atoms with Crippen molar-refractivity contribution in [3.05, 3.63) is 65.6 Å². The molecule has 2 heterocycles.